The molecular weight excluding hydrogens is 390 g/mol. The van der Waals surface area contributed by atoms with Crippen molar-refractivity contribution in [1.82, 2.24) is 5.32 Å². The van der Waals surface area contributed by atoms with Crippen molar-refractivity contribution in [3.05, 3.63) is 62.1 Å². The van der Waals surface area contributed by atoms with E-state index in [1.807, 2.05) is 26.0 Å². The topological polar surface area (TPSA) is 38.3 Å². The molecule has 0 heterocycles. The van der Waals surface area contributed by atoms with Gasteiger partial charge in [-0.05, 0) is 62.1 Å². The molecule has 2 aromatic carbocycles. The van der Waals surface area contributed by atoms with E-state index < -0.39 is 0 Å². The maximum absolute atomic E-state index is 12.2. The molecule has 0 aliphatic heterocycles. The molecule has 0 saturated heterocycles. The van der Waals surface area contributed by atoms with E-state index in [2.05, 4.69) is 47.2 Å². The van der Waals surface area contributed by atoms with Gasteiger partial charge < -0.3 is 10.1 Å². The molecule has 2 rings (SSSR count). The third kappa shape index (κ3) is 4.74. The average Bonchev–Trinajstić information content (AvgIpc) is 2.48. The van der Waals surface area contributed by atoms with Gasteiger partial charge in [0.25, 0.3) is 5.91 Å². The third-order valence-corrected chi connectivity index (χ3v) is 4.69. The zero-order valence-corrected chi connectivity index (χ0v) is 16.6. The van der Waals surface area contributed by atoms with Gasteiger partial charge in [-0.1, -0.05) is 45.7 Å². The van der Waals surface area contributed by atoms with Crippen LogP contribution in [0.15, 0.2) is 34.8 Å². The smallest absolute Gasteiger partial charge is 0.258 e. The van der Waals surface area contributed by atoms with E-state index in [1.54, 1.807) is 6.07 Å². The molecule has 24 heavy (non-hydrogen) atoms. The molecule has 1 atom stereocenters. The lowest BCUT2D eigenvalue weighted by Gasteiger charge is -2.17. The highest BCUT2D eigenvalue weighted by atomic mass is 79.9. The lowest BCUT2D eigenvalue weighted by Crippen LogP contribution is -2.31. The van der Waals surface area contributed by atoms with Crippen LogP contribution in [-0.2, 0) is 4.79 Å². The highest BCUT2D eigenvalue weighted by molar-refractivity contribution is 9.10. The van der Waals surface area contributed by atoms with Crippen molar-refractivity contribution in [3.63, 3.8) is 0 Å². The number of halogens is 2. The van der Waals surface area contributed by atoms with E-state index in [9.17, 15) is 4.79 Å². The summed E-state index contributed by atoms with van der Waals surface area (Å²) >= 11 is 9.54. The number of hydrogen-bond donors (Lipinski definition) is 1. The van der Waals surface area contributed by atoms with Crippen LogP contribution in [-0.4, -0.2) is 12.5 Å². The maximum atomic E-state index is 12.2. The molecule has 0 radical (unpaired) electrons. The first-order valence-electron chi connectivity index (χ1n) is 7.73. The number of hydrogen-bond acceptors (Lipinski definition) is 2. The minimum Gasteiger partial charge on any atom is -0.482 e. The van der Waals surface area contributed by atoms with Crippen molar-refractivity contribution >= 4 is 33.4 Å². The fourth-order valence-electron chi connectivity index (χ4n) is 2.41. The SMILES string of the molecule is Cc1ccc([C@H](C)NC(=O)COc2c(C)cc(Br)cc2Cl)cc1C. The molecule has 5 heteroatoms. The second kappa shape index (κ2) is 8.04. The molecule has 128 valence electrons. The van der Waals surface area contributed by atoms with Gasteiger partial charge >= 0.3 is 0 Å². The third-order valence-electron chi connectivity index (χ3n) is 3.95. The van der Waals surface area contributed by atoms with Gasteiger partial charge in [0.1, 0.15) is 5.75 Å². The quantitative estimate of drug-likeness (QED) is 0.728. The van der Waals surface area contributed by atoms with Crippen LogP contribution < -0.4 is 10.1 Å². The zero-order chi connectivity index (χ0) is 17.9. The Morgan fingerprint density at radius 1 is 1.17 bits per heavy atom. The minimum atomic E-state index is -0.181. The van der Waals surface area contributed by atoms with E-state index in [1.165, 1.54) is 11.1 Å². The van der Waals surface area contributed by atoms with E-state index in [4.69, 9.17) is 16.3 Å². The summed E-state index contributed by atoms with van der Waals surface area (Å²) in [6.45, 7) is 7.91. The normalized spacial score (nSPS) is 11.9. The molecule has 0 aliphatic carbocycles. The lowest BCUT2D eigenvalue weighted by atomic mass is 10.0. The van der Waals surface area contributed by atoms with Crippen molar-refractivity contribution in [1.29, 1.82) is 0 Å². The van der Waals surface area contributed by atoms with Gasteiger partial charge in [0, 0.05) is 4.47 Å². The van der Waals surface area contributed by atoms with Crippen molar-refractivity contribution in [3.8, 4) is 5.75 Å². The molecule has 1 N–H and O–H groups in total. The molecule has 0 aliphatic rings. The Kier molecular flexibility index (Phi) is 6.30. The summed E-state index contributed by atoms with van der Waals surface area (Å²) < 4.78 is 6.48. The van der Waals surface area contributed by atoms with E-state index in [0.29, 0.717) is 10.8 Å². The summed E-state index contributed by atoms with van der Waals surface area (Å²) in [6.07, 6.45) is 0. The van der Waals surface area contributed by atoms with Crippen LogP contribution in [0.1, 0.15) is 35.2 Å². The minimum absolute atomic E-state index is 0.0720. The molecule has 0 saturated carbocycles. The van der Waals surface area contributed by atoms with Gasteiger partial charge in [-0.15, -0.1) is 0 Å². The van der Waals surface area contributed by atoms with Crippen LogP contribution in [0.4, 0.5) is 0 Å². The average molecular weight is 411 g/mol. The number of carbonyl (C=O) groups excluding carboxylic acids is 1. The summed E-state index contributed by atoms with van der Waals surface area (Å²) in [4.78, 5) is 12.2. The molecule has 0 aromatic heterocycles. The van der Waals surface area contributed by atoms with Crippen LogP contribution in [0, 0.1) is 20.8 Å². The molecular formula is C19H21BrClNO2. The highest BCUT2D eigenvalue weighted by Gasteiger charge is 2.13. The highest BCUT2D eigenvalue weighted by Crippen LogP contribution is 2.31. The first-order valence-corrected chi connectivity index (χ1v) is 8.90. The van der Waals surface area contributed by atoms with Gasteiger partial charge in [-0.25, -0.2) is 0 Å². The summed E-state index contributed by atoms with van der Waals surface area (Å²) in [6, 6.07) is 9.76. The zero-order valence-electron chi connectivity index (χ0n) is 14.2. The Balaban J connectivity index is 1.97. The van der Waals surface area contributed by atoms with Gasteiger partial charge in [0.15, 0.2) is 6.61 Å². The van der Waals surface area contributed by atoms with Crippen LogP contribution in [0.5, 0.6) is 5.75 Å². The van der Waals surface area contributed by atoms with Gasteiger partial charge in [-0.2, -0.15) is 0 Å². The Hall–Kier alpha value is -1.52. The molecule has 0 bridgehead atoms. The Morgan fingerprint density at radius 3 is 2.50 bits per heavy atom. The standard InChI is InChI=1S/C19H21BrClNO2/c1-11-5-6-15(7-12(11)2)14(4)22-18(23)10-24-19-13(3)8-16(20)9-17(19)21/h5-9,14H,10H2,1-4H3,(H,22,23)/t14-/m0/s1. The first-order chi connectivity index (χ1) is 11.3. The van der Waals surface area contributed by atoms with E-state index in [0.717, 1.165) is 15.6 Å². The van der Waals surface area contributed by atoms with Crippen LogP contribution in [0.2, 0.25) is 5.02 Å². The fraction of sp³-hybridized carbons (Fsp3) is 0.316. The summed E-state index contributed by atoms with van der Waals surface area (Å²) in [7, 11) is 0. The largest absolute Gasteiger partial charge is 0.482 e. The van der Waals surface area contributed by atoms with E-state index >= 15 is 0 Å². The van der Waals surface area contributed by atoms with Crippen LogP contribution >= 0.6 is 27.5 Å². The number of carbonyl (C=O) groups is 1. The predicted octanol–water partition coefficient (Wildman–Crippen LogP) is 5.28. The molecule has 1 amide bonds. The summed E-state index contributed by atoms with van der Waals surface area (Å²) in [5, 5.41) is 3.43. The summed E-state index contributed by atoms with van der Waals surface area (Å²) in [5.74, 6) is 0.355. The first kappa shape index (κ1) is 18.8. The van der Waals surface area contributed by atoms with Crippen molar-refractivity contribution < 1.29 is 9.53 Å². The van der Waals surface area contributed by atoms with Crippen molar-refractivity contribution in [2.75, 3.05) is 6.61 Å². The van der Waals surface area contributed by atoms with Crippen molar-refractivity contribution in [2.45, 2.75) is 33.7 Å². The molecule has 2 aromatic rings. The predicted molar refractivity (Wildman–Crippen MR) is 102 cm³/mol. The molecule has 0 fully saturated rings. The van der Waals surface area contributed by atoms with E-state index in [-0.39, 0.29) is 18.6 Å². The molecule has 0 unspecified atom stereocenters. The van der Waals surface area contributed by atoms with Crippen LogP contribution in [0.25, 0.3) is 0 Å². The van der Waals surface area contributed by atoms with Gasteiger partial charge in [0.2, 0.25) is 0 Å². The second-order valence-electron chi connectivity index (χ2n) is 5.96. The maximum Gasteiger partial charge on any atom is 0.258 e. The number of aryl methyl sites for hydroxylation is 3. The van der Waals surface area contributed by atoms with Crippen LogP contribution in [0.3, 0.4) is 0 Å². The van der Waals surface area contributed by atoms with Gasteiger partial charge in [-0.3, -0.25) is 4.79 Å². The number of ether oxygens (including phenoxy) is 1. The Bertz CT molecular complexity index is 738. The summed E-state index contributed by atoms with van der Waals surface area (Å²) in [5.41, 5.74) is 4.40. The van der Waals surface area contributed by atoms with Crippen molar-refractivity contribution in [2.24, 2.45) is 0 Å². The number of benzene rings is 2. The Morgan fingerprint density at radius 2 is 1.88 bits per heavy atom. The molecule has 3 nitrogen and oxygen atoms in total. The lowest BCUT2D eigenvalue weighted by molar-refractivity contribution is -0.123. The Labute approximate surface area is 156 Å². The number of amides is 1. The van der Waals surface area contributed by atoms with Gasteiger partial charge in [0.05, 0.1) is 11.1 Å². The fourth-order valence-corrected chi connectivity index (χ4v) is 3.44. The number of nitrogens with one attached hydrogen (secondary N) is 1. The monoisotopic (exact) mass is 409 g/mol. The second-order valence-corrected chi connectivity index (χ2v) is 7.28. The number of rotatable bonds is 5. The molecule has 0 spiro atoms.